The Labute approximate surface area is 62.8 Å². The number of rotatable bonds is 1. The molecular weight excluding hydrogens is 150 g/mol. The van der Waals surface area contributed by atoms with Crippen molar-refractivity contribution in [1.29, 1.82) is 0 Å². The molecule has 1 radical (unpaired) electrons. The largest absolute Gasteiger partial charge is 0.465 e. The normalized spacial score (nSPS) is 9.40. The summed E-state index contributed by atoms with van der Waals surface area (Å²) in [6.07, 6.45) is 0. The topological polar surface area (TPSA) is 39.2 Å². The van der Waals surface area contributed by atoms with Crippen LogP contribution in [-0.2, 0) is 4.74 Å². The smallest absolute Gasteiger partial charge is 0.341 e. The predicted molar refractivity (Wildman–Crippen MR) is 37.0 cm³/mol. The summed E-state index contributed by atoms with van der Waals surface area (Å²) in [7, 11) is 1.34. The van der Waals surface area contributed by atoms with Gasteiger partial charge in [-0.3, -0.25) is 0 Å². The first kappa shape index (κ1) is 7.21. The molecule has 1 rings (SSSR count). The van der Waals surface area contributed by atoms with Crippen molar-refractivity contribution in [2.24, 2.45) is 0 Å². The van der Waals surface area contributed by atoms with E-state index in [1.54, 1.807) is 6.92 Å². The number of esters is 1. The third kappa shape index (κ3) is 1.16. The molecule has 1 aromatic heterocycles. The maximum Gasteiger partial charge on any atom is 0.341 e. The van der Waals surface area contributed by atoms with E-state index in [2.05, 4.69) is 14.5 Å². The zero-order valence-corrected chi connectivity index (χ0v) is 6.49. The number of carbonyl (C=O) groups excluding carboxylic acids is 1. The Balaban J connectivity index is 2.93. The molecule has 0 saturated carbocycles. The minimum absolute atomic E-state index is 0.369. The molecule has 0 spiro atoms. The van der Waals surface area contributed by atoms with Crippen molar-refractivity contribution in [3.8, 4) is 0 Å². The maximum absolute atomic E-state index is 10.8. The molecule has 1 aromatic rings. The number of hydrogen-bond acceptors (Lipinski definition) is 4. The average Bonchev–Trinajstić information content (AvgIpc) is 2.34. The minimum Gasteiger partial charge on any atom is -0.465 e. The lowest BCUT2D eigenvalue weighted by molar-refractivity contribution is 0.0600. The highest BCUT2D eigenvalue weighted by Gasteiger charge is 2.10. The average molecular weight is 156 g/mol. The van der Waals surface area contributed by atoms with Gasteiger partial charge in [-0.25, -0.2) is 4.79 Å². The Bertz CT molecular complexity index is 244. The SMILES string of the molecule is COC(=O)c1[c]snc1C. The van der Waals surface area contributed by atoms with Crippen LogP contribution in [0.15, 0.2) is 0 Å². The van der Waals surface area contributed by atoms with Crippen molar-refractivity contribution in [1.82, 2.24) is 4.37 Å². The summed E-state index contributed by atoms with van der Waals surface area (Å²) in [5, 5.41) is 2.71. The number of aryl methyl sites for hydroxylation is 1. The van der Waals surface area contributed by atoms with Crippen molar-refractivity contribution < 1.29 is 9.53 Å². The predicted octanol–water partition coefficient (Wildman–Crippen LogP) is 1.04. The second-order valence-electron chi connectivity index (χ2n) is 1.74. The van der Waals surface area contributed by atoms with Gasteiger partial charge in [0.1, 0.15) is 5.56 Å². The third-order valence-electron chi connectivity index (χ3n) is 1.08. The fourth-order valence-electron chi connectivity index (χ4n) is 0.548. The van der Waals surface area contributed by atoms with E-state index in [1.807, 2.05) is 0 Å². The highest BCUT2D eigenvalue weighted by atomic mass is 32.1. The zero-order valence-electron chi connectivity index (χ0n) is 5.67. The lowest BCUT2D eigenvalue weighted by atomic mass is 10.3. The molecule has 0 saturated heterocycles. The Kier molecular flexibility index (Phi) is 2.01. The van der Waals surface area contributed by atoms with E-state index >= 15 is 0 Å². The van der Waals surface area contributed by atoms with Gasteiger partial charge in [-0.1, -0.05) is 0 Å². The monoisotopic (exact) mass is 156 g/mol. The summed E-state index contributed by atoms with van der Waals surface area (Å²) in [6, 6.07) is 0. The van der Waals surface area contributed by atoms with Gasteiger partial charge in [0.25, 0.3) is 0 Å². The Morgan fingerprint density at radius 1 is 1.80 bits per heavy atom. The molecule has 1 heterocycles. The molecule has 0 N–H and O–H groups in total. The highest BCUT2D eigenvalue weighted by molar-refractivity contribution is 7.03. The number of carbonyl (C=O) groups is 1. The fraction of sp³-hybridized carbons (Fsp3) is 0.333. The first-order valence-corrected chi connectivity index (χ1v) is 3.45. The zero-order chi connectivity index (χ0) is 7.56. The van der Waals surface area contributed by atoms with E-state index in [1.165, 1.54) is 7.11 Å². The van der Waals surface area contributed by atoms with E-state index in [0.717, 1.165) is 11.5 Å². The fourth-order valence-corrected chi connectivity index (χ4v) is 1.14. The number of methoxy groups -OCH3 is 1. The molecule has 0 bridgehead atoms. The Morgan fingerprint density at radius 2 is 2.50 bits per heavy atom. The van der Waals surface area contributed by atoms with Crippen LogP contribution in [0.25, 0.3) is 0 Å². The number of ether oxygens (including phenoxy) is 1. The van der Waals surface area contributed by atoms with Crippen LogP contribution >= 0.6 is 11.5 Å². The summed E-state index contributed by atoms with van der Waals surface area (Å²) in [4.78, 5) is 10.8. The third-order valence-corrected chi connectivity index (χ3v) is 1.74. The van der Waals surface area contributed by atoms with Crippen LogP contribution in [0.4, 0.5) is 0 Å². The van der Waals surface area contributed by atoms with Crippen LogP contribution in [0.2, 0.25) is 0 Å². The van der Waals surface area contributed by atoms with Crippen LogP contribution < -0.4 is 0 Å². The summed E-state index contributed by atoms with van der Waals surface area (Å²) < 4.78 is 8.34. The lowest BCUT2D eigenvalue weighted by Gasteiger charge is -1.92. The maximum atomic E-state index is 10.8. The van der Waals surface area contributed by atoms with Gasteiger partial charge in [-0.05, 0) is 18.5 Å². The molecule has 53 valence electrons. The van der Waals surface area contributed by atoms with Crippen LogP contribution in [0.1, 0.15) is 16.1 Å². The minimum atomic E-state index is -0.369. The van der Waals surface area contributed by atoms with Gasteiger partial charge in [-0.15, -0.1) is 0 Å². The van der Waals surface area contributed by atoms with Gasteiger partial charge < -0.3 is 4.74 Å². The molecular formula is C6H6NO2S. The van der Waals surface area contributed by atoms with Crippen molar-refractivity contribution in [2.45, 2.75) is 6.92 Å². The molecule has 3 nitrogen and oxygen atoms in total. The molecule has 0 amide bonds. The lowest BCUT2D eigenvalue weighted by Crippen LogP contribution is -2.01. The molecule has 0 aliphatic rings. The first-order valence-electron chi connectivity index (χ1n) is 2.68. The van der Waals surface area contributed by atoms with Crippen molar-refractivity contribution in [2.75, 3.05) is 7.11 Å². The van der Waals surface area contributed by atoms with Crippen LogP contribution in [0, 0.1) is 12.3 Å². The van der Waals surface area contributed by atoms with Gasteiger partial charge in [0.05, 0.1) is 18.2 Å². The first-order chi connectivity index (χ1) is 4.75. The van der Waals surface area contributed by atoms with Gasteiger partial charge in [0, 0.05) is 0 Å². The molecule has 0 aliphatic carbocycles. The molecule has 0 fully saturated rings. The Morgan fingerprint density at radius 3 is 2.90 bits per heavy atom. The molecule has 0 aliphatic heterocycles. The number of nitrogens with zero attached hydrogens (tertiary/aromatic N) is 1. The molecule has 0 atom stereocenters. The quantitative estimate of drug-likeness (QED) is 0.570. The van der Waals surface area contributed by atoms with Crippen LogP contribution in [0.5, 0.6) is 0 Å². The van der Waals surface area contributed by atoms with E-state index in [-0.39, 0.29) is 5.97 Å². The van der Waals surface area contributed by atoms with Crippen molar-refractivity contribution >= 4 is 17.5 Å². The van der Waals surface area contributed by atoms with Gasteiger partial charge >= 0.3 is 5.97 Å². The van der Waals surface area contributed by atoms with E-state index in [4.69, 9.17) is 0 Å². The summed E-state index contributed by atoms with van der Waals surface area (Å²) >= 11 is 1.13. The van der Waals surface area contributed by atoms with Gasteiger partial charge in [-0.2, -0.15) is 4.37 Å². The van der Waals surface area contributed by atoms with E-state index in [9.17, 15) is 4.79 Å². The molecule has 0 unspecified atom stereocenters. The van der Waals surface area contributed by atoms with Gasteiger partial charge in [0.15, 0.2) is 0 Å². The van der Waals surface area contributed by atoms with Gasteiger partial charge in [0.2, 0.25) is 0 Å². The second kappa shape index (κ2) is 2.79. The van der Waals surface area contributed by atoms with Crippen LogP contribution in [-0.4, -0.2) is 17.5 Å². The number of hydrogen-bond donors (Lipinski definition) is 0. The highest BCUT2D eigenvalue weighted by Crippen LogP contribution is 2.08. The molecule has 10 heavy (non-hydrogen) atoms. The van der Waals surface area contributed by atoms with Crippen molar-refractivity contribution in [3.05, 3.63) is 16.6 Å². The summed E-state index contributed by atoms with van der Waals surface area (Å²) in [5.41, 5.74) is 1.12. The van der Waals surface area contributed by atoms with Crippen molar-refractivity contribution in [3.63, 3.8) is 0 Å². The van der Waals surface area contributed by atoms with E-state index in [0.29, 0.717) is 11.3 Å². The number of aromatic nitrogens is 1. The van der Waals surface area contributed by atoms with Crippen LogP contribution in [0.3, 0.4) is 0 Å². The Hall–Kier alpha value is -0.900. The summed E-state index contributed by atoms with van der Waals surface area (Å²) in [5.74, 6) is -0.369. The standard InChI is InChI=1S/C6H6NO2S/c1-4-5(3-10-7-4)6(8)9-2/h1-2H3. The van der Waals surface area contributed by atoms with E-state index < -0.39 is 0 Å². The molecule has 0 aromatic carbocycles. The second-order valence-corrected chi connectivity index (χ2v) is 2.31. The summed E-state index contributed by atoms with van der Waals surface area (Å²) in [6.45, 7) is 1.75. The molecule has 4 heteroatoms.